The molecule has 1 aromatic heterocycles. The van der Waals surface area contributed by atoms with Crippen LogP contribution >= 0.6 is 27.5 Å². The van der Waals surface area contributed by atoms with Crippen LogP contribution in [0.2, 0.25) is 5.02 Å². The summed E-state index contributed by atoms with van der Waals surface area (Å²) in [6, 6.07) is 18.8. The van der Waals surface area contributed by atoms with E-state index in [9.17, 15) is 9.59 Å². The Bertz CT molecular complexity index is 1280. The summed E-state index contributed by atoms with van der Waals surface area (Å²) >= 11 is 9.57. The highest BCUT2D eigenvalue weighted by atomic mass is 79.9. The average molecular weight is 485 g/mol. The summed E-state index contributed by atoms with van der Waals surface area (Å²) in [6.07, 6.45) is 0. The fourth-order valence-corrected chi connectivity index (χ4v) is 3.68. The molecule has 5 nitrogen and oxygen atoms in total. The Labute approximate surface area is 185 Å². The van der Waals surface area contributed by atoms with Gasteiger partial charge >= 0.3 is 0 Å². The van der Waals surface area contributed by atoms with E-state index in [-0.39, 0.29) is 11.5 Å². The summed E-state index contributed by atoms with van der Waals surface area (Å²) in [7, 11) is 1.53. The number of para-hydroxylation sites is 1. The number of ether oxygens (including phenoxy) is 1. The molecule has 0 bridgehead atoms. The third kappa shape index (κ3) is 3.84. The van der Waals surface area contributed by atoms with Gasteiger partial charge in [-0.3, -0.25) is 9.59 Å². The first-order valence-electron chi connectivity index (χ1n) is 8.94. The van der Waals surface area contributed by atoms with Crippen LogP contribution in [0.25, 0.3) is 11.0 Å². The van der Waals surface area contributed by atoms with Gasteiger partial charge in [-0.2, -0.15) is 0 Å². The molecule has 30 heavy (non-hydrogen) atoms. The highest BCUT2D eigenvalue weighted by molar-refractivity contribution is 9.10. The van der Waals surface area contributed by atoms with E-state index in [4.69, 9.17) is 20.8 Å². The first-order valence-corrected chi connectivity index (χ1v) is 10.1. The van der Waals surface area contributed by atoms with Gasteiger partial charge in [0.2, 0.25) is 0 Å². The molecule has 0 atom stereocenters. The van der Waals surface area contributed by atoms with E-state index in [1.807, 2.05) is 12.1 Å². The molecule has 0 aliphatic rings. The number of fused-ring (bicyclic) bond motifs is 1. The maximum absolute atomic E-state index is 13.1. The van der Waals surface area contributed by atoms with E-state index in [0.29, 0.717) is 37.6 Å². The predicted molar refractivity (Wildman–Crippen MR) is 120 cm³/mol. The molecule has 0 aliphatic carbocycles. The molecule has 1 N–H and O–H groups in total. The summed E-state index contributed by atoms with van der Waals surface area (Å²) < 4.78 is 11.7. The number of anilines is 1. The first kappa shape index (κ1) is 20.2. The Hall–Kier alpha value is -3.09. The van der Waals surface area contributed by atoms with Gasteiger partial charge in [-0.05, 0) is 42.5 Å². The van der Waals surface area contributed by atoms with Crippen molar-refractivity contribution in [1.29, 1.82) is 0 Å². The largest absolute Gasteiger partial charge is 0.493 e. The molecule has 0 saturated heterocycles. The Morgan fingerprint density at radius 1 is 1.00 bits per heavy atom. The number of methoxy groups -OCH3 is 1. The number of carbonyl (C=O) groups is 2. The summed E-state index contributed by atoms with van der Waals surface area (Å²) in [5.41, 5.74) is 1.48. The van der Waals surface area contributed by atoms with Crippen molar-refractivity contribution < 1.29 is 18.7 Å². The zero-order chi connectivity index (χ0) is 21.3. The van der Waals surface area contributed by atoms with Crippen LogP contribution in [0.3, 0.4) is 0 Å². The molecule has 4 aromatic rings. The third-order valence-corrected chi connectivity index (χ3v) is 5.37. The normalized spacial score (nSPS) is 10.8. The Morgan fingerprint density at radius 2 is 1.80 bits per heavy atom. The zero-order valence-electron chi connectivity index (χ0n) is 15.7. The molecule has 0 fully saturated rings. The van der Waals surface area contributed by atoms with Crippen LogP contribution in [0.1, 0.15) is 26.5 Å². The van der Waals surface area contributed by atoms with Crippen molar-refractivity contribution in [3.8, 4) is 5.75 Å². The number of nitrogens with one attached hydrogen (secondary N) is 1. The first-order chi connectivity index (χ1) is 14.5. The number of halogens is 2. The molecule has 1 amide bonds. The van der Waals surface area contributed by atoms with Gasteiger partial charge in [-0.25, -0.2) is 0 Å². The van der Waals surface area contributed by atoms with Crippen LogP contribution in [-0.2, 0) is 0 Å². The SMILES string of the molecule is COc1cccc2cc(C(=O)Nc3ccc(Br)cc3C(=O)c3ccccc3Cl)oc12. The lowest BCUT2D eigenvalue weighted by molar-refractivity contribution is 0.0998. The molecule has 7 heteroatoms. The second-order valence-electron chi connectivity index (χ2n) is 6.44. The quantitative estimate of drug-likeness (QED) is 0.336. The highest BCUT2D eigenvalue weighted by Gasteiger charge is 2.20. The molecule has 4 rings (SSSR count). The van der Waals surface area contributed by atoms with Gasteiger partial charge < -0.3 is 14.5 Å². The van der Waals surface area contributed by atoms with Gasteiger partial charge in [0.15, 0.2) is 22.9 Å². The fourth-order valence-electron chi connectivity index (χ4n) is 3.10. The molecular weight excluding hydrogens is 470 g/mol. The highest BCUT2D eigenvalue weighted by Crippen LogP contribution is 2.30. The molecule has 0 aliphatic heterocycles. The van der Waals surface area contributed by atoms with E-state index >= 15 is 0 Å². The maximum Gasteiger partial charge on any atom is 0.291 e. The predicted octanol–water partition coefficient (Wildman–Crippen LogP) is 6.34. The van der Waals surface area contributed by atoms with E-state index in [2.05, 4.69) is 21.2 Å². The maximum atomic E-state index is 13.1. The topological polar surface area (TPSA) is 68.5 Å². The molecule has 0 saturated carbocycles. The van der Waals surface area contributed by atoms with Crippen LogP contribution < -0.4 is 10.1 Å². The minimum absolute atomic E-state index is 0.105. The lowest BCUT2D eigenvalue weighted by Crippen LogP contribution is -2.15. The van der Waals surface area contributed by atoms with Crippen LogP contribution in [0.5, 0.6) is 5.75 Å². The van der Waals surface area contributed by atoms with Crippen molar-refractivity contribution in [3.63, 3.8) is 0 Å². The smallest absolute Gasteiger partial charge is 0.291 e. The zero-order valence-corrected chi connectivity index (χ0v) is 18.1. The second-order valence-corrected chi connectivity index (χ2v) is 7.77. The lowest BCUT2D eigenvalue weighted by Gasteiger charge is -2.11. The van der Waals surface area contributed by atoms with Gasteiger partial charge in [0.25, 0.3) is 5.91 Å². The number of benzene rings is 3. The average Bonchev–Trinajstić information content (AvgIpc) is 3.19. The number of ketones is 1. The summed E-state index contributed by atoms with van der Waals surface area (Å²) in [6.45, 7) is 0. The van der Waals surface area contributed by atoms with Gasteiger partial charge in [-0.15, -0.1) is 0 Å². The van der Waals surface area contributed by atoms with Crippen LogP contribution in [-0.4, -0.2) is 18.8 Å². The van der Waals surface area contributed by atoms with Gasteiger partial charge in [0.05, 0.1) is 17.8 Å². The van der Waals surface area contributed by atoms with Crippen molar-refractivity contribution in [2.45, 2.75) is 0 Å². The Morgan fingerprint density at radius 3 is 2.57 bits per heavy atom. The molecule has 1 heterocycles. The molecule has 3 aromatic carbocycles. The van der Waals surface area contributed by atoms with Gasteiger partial charge in [0.1, 0.15) is 0 Å². The number of amides is 1. The molecular formula is C23H15BrClNO4. The van der Waals surface area contributed by atoms with Crippen LogP contribution in [0.15, 0.2) is 75.6 Å². The van der Waals surface area contributed by atoms with Crippen LogP contribution in [0, 0.1) is 0 Å². The lowest BCUT2D eigenvalue weighted by atomic mass is 10.0. The monoisotopic (exact) mass is 483 g/mol. The van der Waals surface area contributed by atoms with Crippen molar-refractivity contribution in [2.24, 2.45) is 0 Å². The van der Waals surface area contributed by atoms with Gasteiger partial charge in [0, 0.05) is 21.0 Å². The molecule has 150 valence electrons. The minimum atomic E-state index is -0.483. The number of carbonyl (C=O) groups excluding carboxylic acids is 2. The van der Waals surface area contributed by atoms with Crippen molar-refractivity contribution in [2.75, 3.05) is 12.4 Å². The third-order valence-electron chi connectivity index (χ3n) is 4.54. The number of hydrogen-bond acceptors (Lipinski definition) is 4. The second kappa shape index (κ2) is 8.34. The van der Waals surface area contributed by atoms with E-state index in [1.165, 1.54) is 7.11 Å². The van der Waals surface area contributed by atoms with Gasteiger partial charge in [-0.1, -0.05) is 51.8 Å². The molecule has 0 unspecified atom stereocenters. The standard InChI is InChI=1S/C23H15BrClNO4/c1-29-19-8-4-5-13-11-20(30-22(13)19)23(28)26-18-10-9-14(24)12-16(18)21(27)15-6-2-3-7-17(15)25/h2-12H,1H3,(H,26,28). The molecule has 0 radical (unpaired) electrons. The number of hydrogen-bond donors (Lipinski definition) is 1. The number of furan rings is 1. The van der Waals surface area contributed by atoms with Crippen LogP contribution in [0.4, 0.5) is 5.69 Å². The van der Waals surface area contributed by atoms with E-state index in [0.717, 1.165) is 5.39 Å². The van der Waals surface area contributed by atoms with E-state index < -0.39 is 5.91 Å². The fraction of sp³-hybridized carbons (Fsp3) is 0.0435. The van der Waals surface area contributed by atoms with Crippen molar-refractivity contribution in [3.05, 3.63) is 93.1 Å². The summed E-state index contributed by atoms with van der Waals surface area (Å²) in [5, 5.41) is 3.84. The molecule has 0 spiro atoms. The summed E-state index contributed by atoms with van der Waals surface area (Å²) in [5.74, 6) is -0.148. The van der Waals surface area contributed by atoms with Crippen molar-refractivity contribution >= 4 is 55.9 Å². The number of rotatable bonds is 5. The minimum Gasteiger partial charge on any atom is -0.493 e. The Kier molecular flexibility index (Phi) is 5.61. The van der Waals surface area contributed by atoms with E-state index in [1.54, 1.807) is 54.6 Å². The van der Waals surface area contributed by atoms with Crippen molar-refractivity contribution in [1.82, 2.24) is 0 Å². The Balaban J connectivity index is 1.69. The summed E-state index contributed by atoms with van der Waals surface area (Å²) in [4.78, 5) is 25.9.